The molecule has 3 aliphatic carbocycles. The maximum atomic E-state index is 12.7. The summed E-state index contributed by atoms with van der Waals surface area (Å²) in [6.45, 7) is 7.34. The van der Waals surface area contributed by atoms with Crippen molar-refractivity contribution >= 4 is 13.9 Å². The van der Waals surface area contributed by atoms with Gasteiger partial charge < -0.3 is 0 Å². The van der Waals surface area contributed by atoms with Crippen LogP contribution in [0.5, 0.6) is 0 Å². The Morgan fingerprint density at radius 1 is 1.11 bits per heavy atom. The van der Waals surface area contributed by atoms with Crippen molar-refractivity contribution in [1.82, 2.24) is 0 Å². The molecule has 0 N–H and O–H groups in total. The molecule has 0 saturated carbocycles. The first-order chi connectivity index (χ1) is 8.48. The number of carbonyl (C=O) groups excluding carboxylic acids is 1. The molecule has 0 radical (unpaired) electrons. The number of Topliss-reactive ketones (excluding diaryl/α,β-unsaturated/α-hetero) is 1. The highest BCUT2D eigenvalue weighted by atomic mass is 28.3. The average Bonchev–Trinajstić information content (AvgIpc) is 2.62. The van der Waals surface area contributed by atoms with E-state index in [2.05, 4.69) is 43.9 Å². The van der Waals surface area contributed by atoms with E-state index in [1.165, 1.54) is 11.1 Å². The van der Waals surface area contributed by atoms with Crippen molar-refractivity contribution in [2.24, 2.45) is 5.92 Å². The monoisotopic (exact) mass is 258 g/mol. The molecule has 3 aliphatic rings. The van der Waals surface area contributed by atoms with Gasteiger partial charge in [0.15, 0.2) is 5.78 Å². The second-order valence-electron chi connectivity index (χ2n) is 6.89. The quantitative estimate of drug-likeness (QED) is 0.507. The number of ketones is 1. The molecular formula is C16H22OSi. The van der Waals surface area contributed by atoms with Crippen molar-refractivity contribution in [3.8, 4) is 0 Å². The minimum Gasteiger partial charge on any atom is -0.294 e. The van der Waals surface area contributed by atoms with Crippen LogP contribution >= 0.6 is 0 Å². The van der Waals surface area contributed by atoms with E-state index in [9.17, 15) is 4.79 Å². The second kappa shape index (κ2) is 3.80. The van der Waals surface area contributed by atoms with Gasteiger partial charge in [-0.1, -0.05) is 49.5 Å². The molecule has 0 aromatic heterocycles. The van der Waals surface area contributed by atoms with E-state index in [1.807, 2.05) is 0 Å². The molecule has 0 spiro atoms. The van der Waals surface area contributed by atoms with Gasteiger partial charge in [-0.25, -0.2) is 0 Å². The third-order valence-corrected chi connectivity index (χ3v) is 8.77. The summed E-state index contributed by atoms with van der Waals surface area (Å²) in [7, 11) is -1.42. The lowest BCUT2D eigenvalue weighted by Crippen LogP contribution is -2.46. The normalized spacial score (nSPS) is 34.8. The smallest absolute Gasteiger partial charge is 0.163 e. The van der Waals surface area contributed by atoms with Gasteiger partial charge in [0.05, 0.1) is 8.07 Å². The van der Waals surface area contributed by atoms with E-state index in [0.717, 1.165) is 25.7 Å². The molecule has 0 aromatic carbocycles. The molecule has 2 heteroatoms. The summed E-state index contributed by atoms with van der Waals surface area (Å²) in [5, 5.41) is 0.221. The SMILES string of the molecule is C[Si](C)(C)[C@]12CC=CC[C@H]1C(=O)C1=C2CC=CC1. The fraction of sp³-hybridized carbons (Fsp3) is 0.562. The minimum absolute atomic E-state index is 0.221. The lowest BCUT2D eigenvalue weighted by atomic mass is 9.79. The number of fused-ring (bicyclic) bond motifs is 2. The third-order valence-electron chi connectivity index (χ3n) is 5.24. The summed E-state index contributed by atoms with van der Waals surface area (Å²) < 4.78 is 0. The highest BCUT2D eigenvalue weighted by Crippen LogP contribution is 2.64. The van der Waals surface area contributed by atoms with E-state index < -0.39 is 8.07 Å². The van der Waals surface area contributed by atoms with E-state index in [4.69, 9.17) is 0 Å². The van der Waals surface area contributed by atoms with Crippen LogP contribution in [0.4, 0.5) is 0 Å². The summed E-state index contributed by atoms with van der Waals surface area (Å²) in [6, 6.07) is 0. The highest BCUT2D eigenvalue weighted by molar-refractivity contribution is 6.80. The molecule has 0 aromatic rings. The number of hydrogen-bond acceptors (Lipinski definition) is 1. The zero-order valence-corrected chi connectivity index (χ0v) is 12.6. The molecule has 2 atom stereocenters. The Bertz CT molecular complexity index is 490. The van der Waals surface area contributed by atoms with E-state index >= 15 is 0 Å². The van der Waals surface area contributed by atoms with Crippen LogP contribution in [-0.2, 0) is 4.79 Å². The van der Waals surface area contributed by atoms with Crippen LogP contribution in [-0.4, -0.2) is 13.9 Å². The Kier molecular flexibility index (Phi) is 2.57. The van der Waals surface area contributed by atoms with Crippen LogP contribution < -0.4 is 0 Å². The van der Waals surface area contributed by atoms with Crippen molar-refractivity contribution < 1.29 is 4.79 Å². The Balaban J connectivity index is 2.19. The van der Waals surface area contributed by atoms with Crippen LogP contribution in [0.25, 0.3) is 0 Å². The van der Waals surface area contributed by atoms with Crippen molar-refractivity contribution in [2.75, 3.05) is 0 Å². The lowest BCUT2D eigenvalue weighted by Gasteiger charge is -2.48. The van der Waals surface area contributed by atoms with E-state index in [1.54, 1.807) is 0 Å². The summed E-state index contributed by atoms with van der Waals surface area (Å²) >= 11 is 0. The molecule has 0 heterocycles. The van der Waals surface area contributed by atoms with Gasteiger partial charge in [0.1, 0.15) is 0 Å². The van der Waals surface area contributed by atoms with Gasteiger partial charge in [0, 0.05) is 11.0 Å². The Morgan fingerprint density at radius 3 is 2.56 bits per heavy atom. The van der Waals surface area contributed by atoms with Crippen molar-refractivity contribution in [3.63, 3.8) is 0 Å². The van der Waals surface area contributed by atoms with Gasteiger partial charge in [-0.2, -0.15) is 0 Å². The molecule has 18 heavy (non-hydrogen) atoms. The largest absolute Gasteiger partial charge is 0.294 e. The number of hydrogen-bond donors (Lipinski definition) is 0. The number of carbonyl (C=O) groups is 1. The van der Waals surface area contributed by atoms with Crippen LogP contribution in [0.3, 0.4) is 0 Å². The molecule has 3 rings (SSSR count). The lowest BCUT2D eigenvalue weighted by molar-refractivity contribution is -0.119. The van der Waals surface area contributed by atoms with E-state index in [-0.39, 0.29) is 11.0 Å². The molecule has 0 bridgehead atoms. The zero-order chi connectivity index (χ0) is 13.0. The van der Waals surface area contributed by atoms with Gasteiger partial charge in [0.25, 0.3) is 0 Å². The molecule has 1 nitrogen and oxygen atoms in total. The fourth-order valence-electron chi connectivity index (χ4n) is 4.35. The Hall–Kier alpha value is -0.893. The van der Waals surface area contributed by atoms with E-state index in [0.29, 0.717) is 5.78 Å². The summed E-state index contributed by atoms with van der Waals surface area (Å²) in [6.07, 6.45) is 13.0. The maximum Gasteiger partial charge on any atom is 0.163 e. The van der Waals surface area contributed by atoms with Crippen LogP contribution in [0.1, 0.15) is 25.7 Å². The van der Waals surface area contributed by atoms with Gasteiger partial charge >= 0.3 is 0 Å². The third kappa shape index (κ3) is 1.35. The average molecular weight is 258 g/mol. The first-order valence-electron chi connectivity index (χ1n) is 7.05. The summed E-state index contributed by atoms with van der Waals surface area (Å²) in [4.78, 5) is 12.7. The Labute approximate surface area is 111 Å². The topological polar surface area (TPSA) is 17.1 Å². The molecule has 0 aliphatic heterocycles. The highest BCUT2D eigenvalue weighted by Gasteiger charge is 2.58. The molecular weight excluding hydrogens is 236 g/mol. The summed E-state index contributed by atoms with van der Waals surface area (Å²) in [5.74, 6) is 0.736. The van der Waals surface area contributed by atoms with Crippen molar-refractivity contribution in [1.29, 1.82) is 0 Å². The molecule has 0 amide bonds. The number of allylic oxidation sites excluding steroid dienone is 6. The number of rotatable bonds is 1. The predicted octanol–water partition coefficient (Wildman–Crippen LogP) is 4.26. The first kappa shape index (κ1) is 12.2. The molecule has 0 unspecified atom stereocenters. The van der Waals surface area contributed by atoms with Crippen molar-refractivity contribution in [2.45, 2.75) is 50.4 Å². The Morgan fingerprint density at radius 2 is 1.83 bits per heavy atom. The van der Waals surface area contributed by atoms with Gasteiger partial charge in [-0.15, -0.1) is 0 Å². The van der Waals surface area contributed by atoms with Crippen LogP contribution in [0.2, 0.25) is 24.7 Å². The predicted molar refractivity (Wildman–Crippen MR) is 78.3 cm³/mol. The second-order valence-corrected chi connectivity index (χ2v) is 12.3. The first-order valence-corrected chi connectivity index (χ1v) is 10.6. The summed E-state index contributed by atoms with van der Waals surface area (Å²) in [5.41, 5.74) is 2.69. The van der Waals surface area contributed by atoms with Gasteiger partial charge in [-0.3, -0.25) is 4.79 Å². The van der Waals surface area contributed by atoms with Crippen LogP contribution in [0.15, 0.2) is 35.5 Å². The fourth-order valence-corrected chi connectivity index (χ4v) is 7.53. The van der Waals surface area contributed by atoms with Crippen LogP contribution in [0, 0.1) is 5.92 Å². The van der Waals surface area contributed by atoms with Gasteiger partial charge in [0.2, 0.25) is 0 Å². The zero-order valence-electron chi connectivity index (χ0n) is 11.6. The standard InChI is InChI=1S/C16H22OSi/c1-18(2,3)16-11-7-6-10-14(16)15(17)12-8-4-5-9-13(12)16/h4-7,14H,8-11H2,1-3H3/t14-,16-/m0/s1. The minimum atomic E-state index is -1.42. The molecule has 96 valence electrons. The molecule has 0 saturated heterocycles. The van der Waals surface area contributed by atoms with Crippen molar-refractivity contribution in [3.05, 3.63) is 35.5 Å². The maximum absolute atomic E-state index is 12.7. The van der Waals surface area contributed by atoms with Gasteiger partial charge in [-0.05, 0) is 31.3 Å². The molecule has 0 fully saturated rings.